The Morgan fingerprint density at radius 3 is 2.15 bits per heavy atom. The molecule has 0 unspecified atom stereocenters. The molecule has 0 aliphatic carbocycles. The van der Waals surface area contributed by atoms with Gasteiger partial charge in [0, 0.05) is 6.07 Å². The minimum atomic E-state index is -1.10. The normalized spacial score (nSPS) is 10.1. The monoisotopic (exact) mass is 396 g/mol. The average molecular weight is 397 g/mol. The van der Waals surface area contributed by atoms with Gasteiger partial charge < -0.3 is 10.1 Å². The van der Waals surface area contributed by atoms with Crippen molar-refractivity contribution in [1.82, 2.24) is 0 Å². The molecule has 27 heavy (non-hydrogen) atoms. The second-order valence-electron chi connectivity index (χ2n) is 4.93. The predicted molar refractivity (Wildman–Crippen MR) is 92.4 cm³/mol. The topological polar surface area (TPSA) is 168 Å². The maximum Gasteiger partial charge on any atom is 0.296 e. The molecular formula is C14H9ClN4O8. The Hall–Kier alpha value is -3.80. The van der Waals surface area contributed by atoms with Crippen LogP contribution in [0.15, 0.2) is 30.3 Å². The van der Waals surface area contributed by atoms with E-state index in [-0.39, 0.29) is 11.4 Å². The number of methoxy groups -OCH3 is 1. The van der Waals surface area contributed by atoms with E-state index in [9.17, 15) is 35.1 Å². The van der Waals surface area contributed by atoms with E-state index < -0.39 is 48.3 Å². The molecule has 0 aromatic heterocycles. The summed E-state index contributed by atoms with van der Waals surface area (Å²) in [6, 6.07) is 4.90. The van der Waals surface area contributed by atoms with Gasteiger partial charge in [0.05, 0.1) is 39.6 Å². The second kappa shape index (κ2) is 7.61. The van der Waals surface area contributed by atoms with Crippen LogP contribution in [0.5, 0.6) is 5.75 Å². The van der Waals surface area contributed by atoms with Gasteiger partial charge >= 0.3 is 0 Å². The summed E-state index contributed by atoms with van der Waals surface area (Å²) >= 11 is 5.81. The fourth-order valence-electron chi connectivity index (χ4n) is 2.08. The van der Waals surface area contributed by atoms with Crippen LogP contribution in [0.25, 0.3) is 0 Å². The van der Waals surface area contributed by atoms with E-state index >= 15 is 0 Å². The van der Waals surface area contributed by atoms with Gasteiger partial charge in [0.1, 0.15) is 16.5 Å². The molecule has 2 rings (SSSR count). The number of halogens is 1. The third-order valence-corrected chi connectivity index (χ3v) is 3.74. The Kier molecular flexibility index (Phi) is 5.51. The van der Waals surface area contributed by atoms with Crippen molar-refractivity contribution in [3.05, 3.63) is 71.3 Å². The summed E-state index contributed by atoms with van der Waals surface area (Å²) in [5.41, 5.74) is -2.93. The zero-order valence-corrected chi connectivity index (χ0v) is 14.1. The minimum absolute atomic E-state index is 0.156. The van der Waals surface area contributed by atoms with Gasteiger partial charge in [-0.25, -0.2) is 0 Å². The molecule has 140 valence electrons. The molecule has 1 N–H and O–H groups in total. The lowest BCUT2D eigenvalue weighted by atomic mass is 10.1. The first-order valence-corrected chi connectivity index (χ1v) is 7.29. The Bertz CT molecular complexity index is 978. The summed E-state index contributed by atoms with van der Waals surface area (Å²) in [6.07, 6.45) is 0. The van der Waals surface area contributed by atoms with Gasteiger partial charge in [0.2, 0.25) is 0 Å². The zero-order chi connectivity index (χ0) is 20.3. The number of carbonyl (C=O) groups is 1. The van der Waals surface area contributed by atoms with Crippen LogP contribution in [0, 0.1) is 30.3 Å². The van der Waals surface area contributed by atoms with Crippen LogP contribution in [0.1, 0.15) is 10.4 Å². The minimum Gasteiger partial charge on any atom is -0.496 e. The van der Waals surface area contributed by atoms with Gasteiger partial charge in [-0.2, -0.15) is 0 Å². The number of non-ortho nitro benzene ring substituents is 1. The van der Waals surface area contributed by atoms with E-state index in [4.69, 9.17) is 16.3 Å². The highest BCUT2D eigenvalue weighted by atomic mass is 35.5. The number of anilines is 1. The fraction of sp³-hybridized carbons (Fsp3) is 0.0714. The standard InChI is InChI=1S/C14H9ClN4O8/c1-27-8-2-3-10(11(6-8)18(23)24)16-14(20)9-4-7(17(21)22)5-12(13(9)15)19(25)26/h2-6H,1H3,(H,16,20). The Labute approximate surface area is 154 Å². The Morgan fingerprint density at radius 2 is 1.63 bits per heavy atom. The molecule has 0 spiro atoms. The first-order chi connectivity index (χ1) is 12.6. The van der Waals surface area contributed by atoms with E-state index in [1.807, 2.05) is 0 Å². The molecule has 0 aliphatic heterocycles. The van der Waals surface area contributed by atoms with E-state index in [0.717, 1.165) is 12.1 Å². The van der Waals surface area contributed by atoms with Crippen LogP contribution in [-0.2, 0) is 0 Å². The van der Waals surface area contributed by atoms with Gasteiger partial charge in [-0.05, 0) is 12.1 Å². The number of nitro groups is 3. The third kappa shape index (κ3) is 4.07. The van der Waals surface area contributed by atoms with Crippen LogP contribution < -0.4 is 10.1 Å². The number of amides is 1. The van der Waals surface area contributed by atoms with Crippen LogP contribution in [0.2, 0.25) is 5.02 Å². The number of ether oxygens (including phenoxy) is 1. The fourth-order valence-corrected chi connectivity index (χ4v) is 2.35. The van der Waals surface area contributed by atoms with E-state index in [2.05, 4.69) is 5.32 Å². The van der Waals surface area contributed by atoms with Crippen LogP contribution in [-0.4, -0.2) is 27.8 Å². The van der Waals surface area contributed by atoms with E-state index in [1.165, 1.54) is 19.2 Å². The van der Waals surface area contributed by atoms with Crippen molar-refractivity contribution in [1.29, 1.82) is 0 Å². The van der Waals surface area contributed by atoms with Gasteiger partial charge in [0.15, 0.2) is 0 Å². The molecule has 0 fully saturated rings. The molecule has 0 saturated carbocycles. The lowest BCUT2D eigenvalue weighted by Gasteiger charge is -2.09. The molecule has 0 saturated heterocycles. The number of nitro benzene ring substituents is 3. The molecule has 13 heteroatoms. The summed E-state index contributed by atoms with van der Waals surface area (Å²) < 4.78 is 4.86. The predicted octanol–water partition coefficient (Wildman–Crippen LogP) is 3.33. The summed E-state index contributed by atoms with van der Waals surface area (Å²) in [5.74, 6) is -0.941. The van der Waals surface area contributed by atoms with E-state index in [1.54, 1.807) is 0 Å². The molecular weight excluding hydrogens is 388 g/mol. The number of nitrogens with one attached hydrogen (secondary N) is 1. The average Bonchev–Trinajstić information content (AvgIpc) is 2.61. The SMILES string of the molecule is COc1ccc(NC(=O)c2cc([N+](=O)[O-])cc([N+](=O)[O-])c2Cl)c([N+](=O)[O-])c1. The molecule has 12 nitrogen and oxygen atoms in total. The maximum absolute atomic E-state index is 12.4. The van der Waals surface area contributed by atoms with Crippen LogP contribution in [0.3, 0.4) is 0 Å². The summed E-state index contributed by atoms with van der Waals surface area (Å²) in [5, 5.41) is 34.6. The first kappa shape index (κ1) is 19.5. The highest BCUT2D eigenvalue weighted by Gasteiger charge is 2.27. The van der Waals surface area contributed by atoms with Crippen molar-refractivity contribution < 1.29 is 24.3 Å². The molecule has 2 aromatic carbocycles. The van der Waals surface area contributed by atoms with E-state index in [0.29, 0.717) is 6.07 Å². The lowest BCUT2D eigenvalue weighted by Crippen LogP contribution is -2.14. The Morgan fingerprint density at radius 1 is 1.00 bits per heavy atom. The van der Waals surface area contributed by atoms with Crippen LogP contribution >= 0.6 is 11.6 Å². The largest absolute Gasteiger partial charge is 0.496 e. The number of benzene rings is 2. The van der Waals surface area contributed by atoms with Crippen LogP contribution in [0.4, 0.5) is 22.7 Å². The Balaban J connectivity index is 2.52. The highest BCUT2D eigenvalue weighted by molar-refractivity contribution is 6.36. The van der Waals surface area contributed by atoms with Gasteiger partial charge in [-0.1, -0.05) is 11.6 Å². The molecule has 0 radical (unpaired) electrons. The van der Waals surface area contributed by atoms with Crippen molar-refractivity contribution >= 4 is 40.3 Å². The zero-order valence-electron chi connectivity index (χ0n) is 13.4. The number of rotatable bonds is 6. The third-order valence-electron chi connectivity index (χ3n) is 3.34. The lowest BCUT2D eigenvalue weighted by molar-refractivity contribution is -0.394. The first-order valence-electron chi connectivity index (χ1n) is 6.91. The molecule has 1 amide bonds. The molecule has 0 atom stereocenters. The number of hydrogen-bond acceptors (Lipinski definition) is 8. The number of hydrogen-bond donors (Lipinski definition) is 1. The smallest absolute Gasteiger partial charge is 0.296 e. The van der Waals surface area contributed by atoms with Gasteiger partial charge in [0.25, 0.3) is 23.0 Å². The van der Waals surface area contributed by atoms with Crippen molar-refractivity contribution in [3.8, 4) is 5.75 Å². The van der Waals surface area contributed by atoms with Gasteiger partial charge in [-0.15, -0.1) is 0 Å². The van der Waals surface area contributed by atoms with Crippen molar-refractivity contribution in [2.24, 2.45) is 0 Å². The number of carbonyl (C=O) groups excluding carboxylic acids is 1. The molecule has 0 aliphatic rings. The molecule has 0 bridgehead atoms. The molecule has 0 heterocycles. The van der Waals surface area contributed by atoms with Crippen molar-refractivity contribution in [2.75, 3.05) is 12.4 Å². The maximum atomic E-state index is 12.4. The molecule has 2 aromatic rings. The summed E-state index contributed by atoms with van der Waals surface area (Å²) in [4.78, 5) is 42.8. The summed E-state index contributed by atoms with van der Waals surface area (Å²) in [6.45, 7) is 0. The van der Waals surface area contributed by atoms with Crippen molar-refractivity contribution in [2.45, 2.75) is 0 Å². The van der Waals surface area contributed by atoms with Gasteiger partial charge in [-0.3, -0.25) is 35.1 Å². The van der Waals surface area contributed by atoms with Crippen molar-refractivity contribution in [3.63, 3.8) is 0 Å². The summed E-state index contributed by atoms with van der Waals surface area (Å²) in [7, 11) is 1.29. The highest BCUT2D eigenvalue weighted by Crippen LogP contribution is 2.34. The quantitative estimate of drug-likeness (QED) is 0.572. The number of nitrogens with zero attached hydrogens (tertiary/aromatic N) is 3. The second-order valence-corrected chi connectivity index (χ2v) is 5.31.